The number of benzene rings is 3. The quantitative estimate of drug-likeness (QED) is 0.215. The van der Waals surface area contributed by atoms with Gasteiger partial charge < -0.3 is 20.8 Å². The fourth-order valence-electron chi connectivity index (χ4n) is 5.00. The number of carboxylic acids is 1. The number of rotatable bonds is 9. The maximum Gasteiger partial charge on any atom is 0.419 e. The molecule has 1 fully saturated rings. The molecule has 228 valence electrons. The standard InChI is InChI=1S/C31H31F4N3O5/c32-27-24(31(33,34)35)7-4-8-25(27)37-30(43)38(23-15-13-21(14-16-23)20-5-2-1-3-6-20)18-19-9-11-22(12-10-19)28(40)36-17-26(39)29(41)42/h4,7-16,20,26,39H,1-3,5-6,17-18H2,(H,36,40)(H,37,43)(H,41,42)/t26-/m1/s1. The minimum Gasteiger partial charge on any atom is -0.479 e. The Balaban J connectivity index is 1.57. The van der Waals surface area contributed by atoms with Gasteiger partial charge in [0, 0.05) is 11.3 Å². The Bertz CT molecular complexity index is 1440. The van der Waals surface area contributed by atoms with Gasteiger partial charge in [-0.3, -0.25) is 9.69 Å². The van der Waals surface area contributed by atoms with Crippen molar-refractivity contribution in [1.29, 1.82) is 0 Å². The highest BCUT2D eigenvalue weighted by Crippen LogP contribution is 2.35. The largest absolute Gasteiger partial charge is 0.479 e. The van der Waals surface area contributed by atoms with Gasteiger partial charge in [-0.15, -0.1) is 0 Å². The monoisotopic (exact) mass is 601 g/mol. The number of carboxylic acid groups (broad SMARTS) is 1. The van der Waals surface area contributed by atoms with Crippen LogP contribution in [-0.2, 0) is 17.5 Å². The van der Waals surface area contributed by atoms with Crippen LogP contribution in [0, 0.1) is 5.82 Å². The first-order valence-electron chi connectivity index (χ1n) is 13.8. The number of hydrogen-bond donors (Lipinski definition) is 4. The number of amides is 3. The molecule has 0 aliphatic heterocycles. The summed E-state index contributed by atoms with van der Waals surface area (Å²) in [5, 5.41) is 22.7. The van der Waals surface area contributed by atoms with Crippen molar-refractivity contribution in [3.05, 3.63) is 94.8 Å². The molecule has 4 N–H and O–H groups in total. The Labute approximate surface area is 245 Å². The van der Waals surface area contributed by atoms with E-state index in [1.54, 1.807) is 24.3 Å². The van der Waals surface area contributed by atoms with Crippen LogP contribution in [0.4, 0.5) is 33.7 Å². The van der Waals surface area contributed by atoms with E-state index in [-0.39, 0.29) is 12.1 Å². The second kappa shape index (κ2) is 13.7. The lowest BCUT2D eigenvalue weighted by Gasteiger charge is -2.26. The van der Waals surface area contributed by atoms with E-state index in [1.165, 1.54) is 23.5 Å². The second-order valence-electron chi connectivity index (χ2n) is 10.4. The number of aliphatic hydroxyl groups excluding tert-OH is 1. The molecule has 4 rings (SSSR count). The average Bonchev–Trinajstić information content (AvgIpc) is 2.99. The van der Waals surface area contributed by atoms with Gasteiger partial charge in [0.15, 0.2) is 11.9 Å². The number of nitrogens with one attached hydrogen (secondary N) is 2. The van der Waals surface area contributed by atoms with Crippen molar-refractivity contribution in [2.45, 2.75) is 56.8 Å². The Morgan fingerprint density at radius 2 is 1.58 bits per heavy atom. The molecule has 0 unspecified atom stereocenters. The Hall–Kier alpha value is -4.45. The van der Waals surface area contributed by atoms with E-state index in [4.69, 9.17) is 5.11 Å². The molecule has 43 heavy (non-hydrogen) atoms. The summed E-state index contributed by atoms with van der Waals surface area (Å²) in [6, 6.07) is 15.0. The van der Waals surface area contributed by atoms with Gasteiger partial charge in [0.2, 0.25) is 0 Å². The van der Waals surface area contributed by atoms with Crippen LogP contribution in [0.5, 0.6) is 0 Å². The van der Waals surface area contributed by atoms with Crippen LogP contribution in [0.25, 0.3) is 0 Å². The van der Waals surface area contributed by atoms with Gasteiger partial charge in [-0.1, -0.05) is 49.6 Å². The van der Waals surface area contributed by atoms with E-state index in [0.717, 1.165) is 43.4 Å². The molecule has 0 saturated heterocycles. The van der Waals surface area contributed by atoms with Gasteiger partial charge in [0.05, 0.1) is 24.3 Å². The van der Waals surface area contributed by atoms with Crippen molar-refractivity contribution in [3.8, 4) is 0 Å². The zero-order valence-electron chi connectivity index (χ0n) is 23.0. The molecule has 0 radical (unpaired) electrons. The highest BCUT2D eigenvalue weighted by Gasteiger charge is 2.35. The van der Waals surface area contributed by atoms with Gasteiger partial charge in [-0.25, -0.2) is 14.0 Å². The number of urea groups is 1. The fourth-order valence-corrected chi connectivity index (χ4v) is 5.00. The molecule has 1 aliphatic rings. The number of aliphatic carboxylic acids is 1. The van der Waals surface area contributed by atoms with Crippen molar-refractivity contribution in [2.75, 3.05) is 16.8 Å². The molecule has 0 heterocycles. The summed E-state index contributed by atoms with van der Waals surface area (Å²) in [6.07, 6.45) is -1.11. The summed E-state index contributed by atoms with van der Waals surface area (Å²) in [5.41, 5.74) is 0.126. The number of alkyl halides is 3. The zero-order valence-corrected chi connectivity index (χ0v) is 23.0. The van der Waals surface area contributed by atoms with Gasteiger partial charge in [-0.2, -0.15) is 13.2 Å². The summed E-state index contributed by atoms with van der Waals surface area (Å²) >= 11 is 0. The summed E-state index contributed by atoms with van der Waals surface area (Å²) in [4.78, 5) is 37.8. The van der Waals surface area contributed by atoms with E-state index in [0.29, 0.717) is 23.2 Å². The molecule has 0 aromatic heterocycles. The number of carbonyl (C=O) groups is 3. The van der Waals surface area contributed by atoms with E-state index in [1.807, 2.05) is 12.1 Å². The summed E-state index contributed by atoms with van der Waals surface area (Å²) in [6.45, 7) is -0.568. The third-order valence-corrected chi connectivity index (χ3v) is 7.37. The van der Waals surface area contributed by atoms with Crippen molar-refractivity contribution in [3.63, 3.8) is 0 Å². The molecule has 12 heteroatoms. The van der Waals surface area contributed by atoms with Gasteiger partial charge in [0.1, 0.15) is 0 Å². The van der Waals surface area contributed by atoms with Gasteiger partial charge >= 0.3 is 18.2 Å². The summed E-state index contributed by atoms with van der Waals surface area (Å²) in [5.74, 6) is -3.30. The van der Waals surface area contributed by atoms with Crippen LogP contribution in [-0.4, -0.2) is 40.8 Å². The first kappa shape index (κ1) is 31.5. The van der Waals surface area contributed by atoms with Crippen LogP contribution < -0.4 is 15.5 Å². The van der Waals surface area contributed by atoms with Gasteiger partial charge in [0.25, 0.3) is 5.91 Å². The van der Waals surface area contributed by atoms with Crippen LogP contribution in [0.1, 0.15) is 65.1 Å². The number of halogens is 4. The molecular weight excluding hydrogens is 570 g/mol. The highest BCUT2D eigenvalue weighted by molar-refractivity contribution is 6.02. The smallest absolute Gasteiger partial charge is 0.419 e. The van der Waals surface area contributed by atoms with E-state index in [9.17, 15) is 37.1 Å². The lowest BCUT2D eigenvalue weighted by Crippen LogP contribution is -2.36. The first-order chi connectivity index (χ1) is 20.4. The first-order valence-corrected chi connectivity index (χ1v) is 13.8. The molecule has 8 nitrogen and oxygen atoms in total. The lowest BCUT2D eigenvalue weighted by molar-refractivity contribution is -0.146. The summed E-state index contributed by atoms with van der Waals surface area (Å²) in [7, 11) is 0. The number of carbonyl (C=O) groups excluding carboxylic acids is 2. The van der Waals surface area contributed by atoms with E-state index < -0.39 is 53.8 Å². The number of anilines is 2. The fraction of sp³-hybridized carbons (Fsp3) is 0.323. The van der Waals surface area contributed by atoms with E-state index in [2.05, 4.69) is 10.6 Å². The van der Waals surface area contributed by atoms with E-state index >= 15 is 0 Å². The number of hydrogen-bond acceptors (Lipinski definition) is 4. The lowest BCUT2D eigenvalue weighted by atomic mass is 9.84. The Kier molecular flexibility index (Phi) is 10.0. The van der Waals surface area contributed by atoms with Crippen LogP contribution in [0.2, 0.25) is 0 Å². The number of aliphatic hydroxyl groups is 1. The Morgan fingerprint density at radius 3 is 2.19 bits per heavy atom. The van der Waals surface area contributed by atoms with Gasteiger partial charge in [-0.05, 0) is 66.3 Å². The highest BCUT2D eigenvalue weighted by atomic mass is 19.4. The minimum atomic E-state index is -4.95. The molecule has 0 bridgehead atoms. The third kappa shape index (κ3) is 8.10. The SMILES string of the molecule is O=C(NC[C@@H](O)C(=O)O)c1ccc(CN(C(=O)Nc2cccc(C(F)(F)F)c2F)c2ccc(C3CCCCC3)cc2)cc1. The molecule has 1 aliphatic carbocycles. The topological polar surface area (TPSA) is 119 Å². The normalized spacial score (nSPS) is 14.5. The molecule has 1 saturated carbocycles. The number of nitrogens with zero attached hydrogens (tertiary/aromatic N) is 1. The second-order valence-corrected chi connectivity index (χ2v) is 10.4. The maximum absolute atomic E-state index is 14.7. The predicted molar refractivity (Wildman–Crippen MR) is 151 cm³/mol. The van der Waals surface area contributed by atoms with Crippen molar-refractivity contribution < 1.29 is 42.2 Å². The Morgan fingerprint density at radius 1 is 0.930 bits per heavy atom. The molecule has 0 spiro atoms. The minimum absolute atomic E-state index is 0.0746. The van der Waals surface area contributed by atoms with Crippen molar-refractivity contribution in [1.82, 2.24) is 5.32 Å². The molecule has 3 aromatic carbocycles. The zero-order chi connectivity index (χ0) is 31.1. The maximum atomic E-state index is 14.7. The average molecular weight is 602 g/mol. The molecular formula is C31H31F4N3O5. The molecule has 3 amide bonds. The van der Waals surface area contributed by atoms with Crippen molar-refractivity contribution >= 4 is 29.3 Å². The van der Waals surface area contributed by atoms with Crippen molar-refractivity contribution in [2.24, 2.45) is 0 Å². The molecule has 1 atom stereocenters. The third-order valence-electron chi connectivity index (χ3n) is 7.37. The van der Waals surface area contributed by atoms with Crippen LogP contribution in [0.3, 0.4) is 0 Å². The molecule has 3 aromatic rings. The summed E-state index contributed by atoms with van der Waals surface area (Å²) < 4.78 is 54.5. The van der Waals surface area contributed by atoms with Crippen LogP contribution in [0.15, 0.2) is 66.7 Å². The van der Waals surface area contributed by atoms with Crippen LogP contribution >= 0.6 is 0 Å². The predicted octanol–water partition coefficient (Wildman–Crippen LogP) is 6.31.